The van der Waals surface area contributed by atoms with Crippen molar-refractivity contribution in [3.05, 3.63) is 23.8 Å². The van der Waals surface area contributed by atoms with Crippen LogP contribution in [0.5, 0.6) is 0 Å². The summed E-state index contributed by atoms with van der Waals surface area (Å²) in [6, 6.07) is 0. The lowest BCUT2D eigenvalue weighted by Crippen LogP contribution is -2.22. The fraction of sp³-hybridized carbons (Fsp3) is 0.615. The quantitative estimate of drug-likeness (QED) is 0.610. The smallest absolute Gasteiger partial charge is 0.159 e. The van der Waals surface area contributed by atoms with Gasteiger partial charge in [-0.3, -0.25) is 4.79 Å². The van der Waals surface area contributed by atoms with Crippen molar-refractivity contribution in [2.45, 2.75) is 44.9 Å². The van der Waals surface area contributed by atoms with Gasteiger partial charge in [0.1, 0.15) is 0 Å². The lowest BCUT2D eigenvalue weighted by atomic mass is 9.73. The highest BCUT2D eigenvalue weighted by molar-refractivity contribution is 5.97. The van der Waals surface area contributed by atoms with Crippen LogP contribution in [0.3, 0.4) is 0 Å². The Labute approximate surface area is 85.9 Å². The minimum absolute atomic E-state index is 0.387. The molecular weight excluding hydrogens is 172 g/mol. The number of hydrogen-bond acceptors (Lipinski definition) is 1. The molecule has 1 fully saturated rings. The van der Waals surface area contributed by atoms with Gasteiger partial charge in [0.2, 0.25) is 0 Å². The van der Waals surface area contributed by atoms with Gasteiger partial charge in [0.05, 0.1) is 0 Å². The number of carbonyl (C=O) groups excluding carboxylic acids is 1. The molecule has 1 heteroatoms. The fourth-order valence-electron chi connectivity index (χ4n) is 2.82. The molecule has 0 N–H and O–H groups in total. The molecule has 1 saturated carbocycles. The second-order valence-electron chi connectivity index (χ2n) is 4.40. The van der Waals surface area contributed by atoms with E-state index in [2.05, 4.69) is 6.58 Å². The molecule has 1 nitrogen and oxygen atoms in total. The second-order valence-corrected chi connectivity index (χ2v) is 4.40. The lowest BCUT2D eigenvalue weighted by molar-refractivity contribution is -0.116. The van der Waals surface area contributed by atoms with Crippen LogP contribution in [0.25, 0.3) is 0 Å². The van der Waals surface area contributed by atoms with Crippen molar-refractivity contribution < 1.29 is 4.79 Å². The standard InChI is InChI=1S/C13H18O/c1-2-5-12-11-7-4-3-6-10(11)8-9-13(12)14/h2,10H,1,3-9H2. The number of ketones is 1. The Hall–Kier alpha value is -0.850. The van der Waals surface area contributed by atoms with E-state index < -0.39 is 0 Å². The molecule has 2 aliphatic carbocycles. The van der Waals surface area contributed by atoms with E-state index in [1.54, 1.807) is 0 Å². The summed E-state index contributed by atoms with van der Waals surface area (Å²) in [5, 5.41) is 0. The van der Waals surface area contributed by atoms with E-state index in [1.807, 2.05) is 6.08 Å². The number of carbonyl (C=O) groups is 1. The lowest BCUT2D eigenvalue weighted by Gasteiger charge is -2.31. The van der Waals surface area contributed by atoms with Gasteiger partial charge < -0.3 is 0 Å². The van der Waals surface area contributed by atoms with Crippen LogP contribution >= 0.6 is 0 Å². The van der Waals surface area contributed by atoms with Crippen LogP contribution < -0.4 is 0 Å². The normalized spacial score (nSPS) is 27.4. The average molecular weight is 190 g/mol. The van der Waals surface area contributed by atoms with Crippen LogP contribution in [0, 0.1) is 5.92 Å². The molecule has 2 rings (SSSR count). The first-order valence-corrected chi connectivity index (χ1v) is 5.69. The predicted molar refractivity (Wildman–Crippen MR) is 58.0 cm³/mol. The molecular formula is C13H18O. The SMILES string of the molecule is C=CCC1=C2CCCCC2CCC1=O. The molecule has 2 aliphatic rings. The Morgan fingerprint density at radius 3 is 2.93 bits per heavy atom. The highest BCUT2D eigenvalue weighted by Gasteiger charge is 2.28. The van der Waals surface area contributed by atoms with E-state index in [-0.39, 0.29) is 0 Å². The van der Waals surface area contributed by atoms with Crippen LogP contribution in [0.15, 0.2) is 23.8 Å². The zero-order valence-electron chi connectivity index (χ0n) is 8.72. The fourth-order valence-corrected chi connectivity index (χ4v) is 2.82. The molecule has 0 aliphatic heterocycles. The molecule has 14 heavy (non-hydrogen) atoms. The summed E-state index contributed by atoms with van der Waals surface area (Å²) in [6.07, 6.45) is 9.65. The summed E-state index contributed by atoms with van der Waals surface area (Å²) < 4.78 is 0. The summed E-state index contributed by atoms with van der Waals surface area (Å²) >= 11 is 0. The molecule has 0 saturated heterocycles. The van der Waals surface area contributed by atoms with Gasteiger partial charge in [-0.1, -0.05) is 18.1 Å². The highest BCUT2D eigenvalue weighted by atomic mass is 16.1. The maximum Gasteiger partial charge on any atom is 0.159 e. The predicted octanol–water partition coefficient (Wildman–Crippen LogP) is 3.41. The number of Topliss-reactive ketones (excluding diaryl/α,β-unsaturated/α-hetero) is 1. The van der Waals surface area contributed by atoms with Crippen molar-refractivity contribution in [2.24, 2.45) is 5.92 Å². The van der Waals surface area contributed by atoms with Gasteiger partial charge in [-0.2, -0.15) is 0 Å². The Morgan fingerprint density at radius 2 is 2.14 bits per heavy atom. The first-order chi connectivity index (χ1) is 6.83. The van der Waals surface area contributed by atoms with E-state index >= 15 is 0 Å². The van der Waals surface area contributed by atoms with Crippen LogP contribution in [-0.2, 0) is 4.79 Å². The van der Waals surface area contributed by atoms with Crippen molar-refractivity contribution in [2.75, 3.05) is 0 Å². The van der Waals surface area contributed by atoms with Gasteiger partial charge in [-0.25, -0.2) is 0 Å². The Kier molecular flexibility index (Phi) is 2.85. The Bertz CT molecular complexity index is 286. The number of fused-ring (bicyclic) bond motifs is 1. The van der Waals surface area contributed by atoms with Gasteiger partial charge >= 0.3 is 0 Å². The zero-order valence-corrected chi connectivity index (χ0v) is 8.72. The summed E-state index contributed by atoms with van der Waals surface area (Å²) in [7, 11) is 0. The zero-order chi connectivity index (χ0) is 9.97. The molecule has 0 aromatic carbocycles. The van der Waals surface area contributed by atoms with Gasteiger partial charge in [-0.05, 0) is 43.6 Å². The first kappa shape index (κ1) is 9.70. The first-order valence-electron chi connectivity index (χ1n) is 5.69. The molecule has 0 bridgehead atoms. The van der Waals surface area contributed by atoms with Crippen molar-refractivity contribution in [3.63, 3.8) is 0 Å². The molecule has 76 valence electrons. The van der Waals surface area contributed by atoms with Gasteiger partial charge in [0.25, 0.3) is 0 Å². The number of rotatable bonds is 2. The molecule has 0 heterocycles. The van der Waals surface area contributed by atoms with Crippen molar-refractivity contribution in [1.29, 1.82) is 0 Å². The summed E-state index contributed by atoms with van der Waals surface area (Å²) in [5.41, 5.74) is 2.59. The van der Waals surface area contributed by atoms with E-state index in [9.17, 15) is 4.79 Å². The molecule has 0 amide bonds. The van der Waals surface area contributed by atoms with E-state index in [0.29, 0.717) is 5.78 Å². The molecule has 1 unspecified atom stereocenters. The van der Waals surface area contributed by atoms with Crippen LogP contribution in [-0.4, -0.2) is 5.78 Å². The second kappa shape index (κ2) is 4.12. The van der Waals surface area contributed by atoms with E-state index in [1.165, 1.54) is 31.3 Å². The molecule has 0 spiro atoms. The Morgan fingerprint density at radius 1 is 1.29 bits per heavy atom. The maximum absolute atomic E-state index is 11.7. The van der Waals surface area contributed by atoms with E-state index in [4.69, 9.17) is 0 Å². The van der Waals surface area contributed by atoms with Crippen LogP contribution in [0.1, 0.15) is 44.9 Å². The Balaban J connectivity index is 2.29. The third-order valence-electron chi connectivity index (χ3n) is 3.53. The largest absolute Gasteiger partial charge is 0.295 e. The molecule has 0 radical (unpaired) electrons. The minimum atomic E-state index is 0.387. The topological polar surface area (TPSA) is 17.1 Å². The van der Waals surface area contributed by atoms with Gasteiger partial charge in [-0.15, -0.1) is 6.58 Å². The van der Waals surface area contributed by atoms with Crippen molar-refractivity contribution in [1.82, 2.24) is 0 Å². The maximum atomic E-state index is 11.7. The van der Waals surface area contributed by atoms with E-state index in [0.717, 1.165) is 30.8 Å². The average Bonchev–Trinajstić information content (AvgIpc) is 2.23. The minimum Gasteiger partial charge on any atom is -0.295 e. The molecule has 0 aromatic rings. The summed E-state index contributed by atoms with van der Waals surface area (Å²) in [5.74, 6) is 1.12. The van der Waals surface area contributed by atoms with Gasteiger partial charge in [0.15, 0.2) is 5.78 Å². The third-order valence-corrected chi connectivity index (χ3v) is 3.53. The number of allylic oxidation sites excluding steroid dienone is 3. The van der Waals surface area contributed by atoms with Crippen molar-refractivity contribution >= 4 is 5.78 Å². The highest BCUT2D eigenvalue weighted by Crippen LogP contribution is 2.39. The summed E-state index contributed by atoms with van der Waals surface area (Å²) in [6.45, 7) is 3.74. The third kappa shape index (κ3) is 1.68. The number of hydrogen-bond donors (Lipinski definition) is 0. The molecule has 1 atom stereocenters. The van der Waals surface area contributed by atoms with Crippen LogP contribution in [0.4, 0.5) is 0 Å². The summed E-state index contributed by atoms with van der Waals surface area (Å²) in [4.78, 5) is 11.7. The monoisotopic (exact) mass is 190 g/mol. The van der Waals surface area contributed by atoms with Crippen LogP contribution in [0.2, 0.25) is 0 Å². The van der Waals surface area contributed by atoms with Crippen molar-refractivity contribution in [3.8, 4) is 0 Å². The molecule has 0 aromatic heterocycles. The van der Waals surface area contributed by atoms with Gasteiger partial charge in [0, 0.05) is 6.42 Å².